The molecule has 0 fully saturated rings. The van der Waals surface area contributed by atoms with Crippen molar-refractivity contribution in [2.45, 2.75) is 6.92 Å². The molecule has 2 heterocycles. The van der Waals surface area contributed by atoms with E-state index in [1.165, 1.54) is 0 Å². The molecule has 0 aliphatic heterocycles. The summed E-state index contributed by atoms with van der Waals surface area (Å²) in [5.41, 5.74) is 0.866. The van der Waals surface area contributed by atoms with Gasteiger partial charge in [0.2, 0.25) is 0 Å². The lowest BCUT2D eigenvalue weighted by molar-refractivity contribution is 0.831. The van der Waals surface area contributed by atoms with Gasteiger partial charge >= 0.3 is 0 Å². The third kappa shape index (κ3) is 1.46. The molecular weight excluding hydrogens is 262 g/mol. The third-order valence-corrected chi connectivity index (χ3v) is 2.88. The molecule has 72 valence electrons. The van der Waals surface area contributed by atoms with Crippen LogP contribution in [0.5, 0.6) is 0 Å². The molecule has 0 saturated carbocycles. The molecule has 0 N–H and O–H groups in total. The SMILES string of the molecule is Cc1nc(=S)c2cc(Br)cnc2n1C. The van der Waals surface area contributed by atoms with E-state index in [0.29, 0.717) is 4.64 Å². The predicted molar refractivity (Wildman–Crippen MR) is 61.8 cm³/mol. The Morgan fingerprint density at radius 1 is 1.50 bits per heavy atom. The van der Waals surface area contributed by atoms with Gasteiger partial charge in [0.15, 0.2) is 0 Å². The summed E-state index contributed by atoms with van der Waals surface area (Å²) in [7, 11) is 1.93. The maximum Gasteiger partial charge on any atom is 0.144 e. The molecule has 2 aromatic rings. The highest BCUT2D eigenvalue weighted by Gasteiger charge is 2.03. The monoisotopic (exact) mass is 269 g/mol. The first kappa shape index (κ1) is 9.73. The first-order chi connectivity index (χ1) is 6.59. The van der Waals surface area contributed by atoms with Gasteiger partial charge in [0.05, 0.1) is 5.39 Å². The van der Waals surface area contributed by atoms with Crippen LogP contribution in [0, 0.1) is 11.6 Å². The standard InChI is InChI=1S/C9H8BrN3S/c1-5-12-9(14)7-3-6(10)4-11-8(7)13(5)2/h3-4H,1-2H3. The van der Waals surface area contributed by atoms with Crippen LogP contribution in [0.1, 0.15) is 5.82 Å². The van der Waals surface area contributed by atoms with Gasteiger partial charge in [-0.1, -0.05) is 12.2 Å². The Hall–Kier alpha value is -0.810. The minimum atomic E-state index is 0.601. The average molecular weight is 270 g/mol. The van der Waals surface area contributed by atoms with Crippen molar-refractivity contribution in [3.63, 3.8) is 0 Å². The van der Waals surface area contributed by atoms with E-state index in [2.05, 4.69) is 25.9 Å². The Morgan fingerprint density at radius 2 is 2.21 bits per heavy atom. The van der Waals surface area contributed by atoms with Crippen LogP contribution >= 0.6 is 28.1 Å². The molecule has 2 aromatic heterocycles. The van der Waals surface area contributed by atoms with Crippen molar-refractivity contribution in [2.75, 3.05) is 0 Å². The second-order valence-electron chi connectivity index (χ2n) is 3.05. The van der Waals surface area contributed by atoms with E-state index in [0.717, 1.165) is 21.3 Å². The van der Waals surface area contributed by atoms with Crippen LogP contribution < -0.4 is 0 Å². The van der Waals surface area contributed by atoms with Crippen LogP contribution in [0.4, 0.5) is 0 Å². The van der Waals surface area contributed by atoms with Gasteiger partial charge in [0.25, 0.3) is 0 Å². The molecule has 0 aromatic carbocycles. The molecule has 2 rings (SSSR count). The third-order valence-electron chi connectivity index (χ3n) is 2.13. The van der Waals surface area contributed by atoms with E-state index in [4.69, 9.17) is 12.2 Å². The van der Waals surface area contributed by atoms with Crippen molar-refractivity contribution in [1.82, 2.24) is 14.5 Å². The fourth-order valence-corrected chi connectivity index (χ4v) is 1.91. The number of nitrogens with zero attached hydrogens (tertiary/aromatic N) is 3. The van der Waals surface area contributed by atoms with Crippen LogP contribution in [0.3, 0.4) is 0 Å². The van der Waals surface area contributed by atoms with Gasteiger partial charge in [-0.2, -0.15) is 0 Å². The predicted octanol–water partition coefficient (Wildman–Crippen LogP) is 2.77. The summed E-state index contributed by atoms with van der Waals surface area (Å²) in [5, 5.41) is 0.905. The van der Waals surface area contributed by atoms with Crippen molar-refractivity contribution in [2.24, 2.45) is 7.05 Å². The van der Waals surface area contributed by atoms with Gasteiger partial charge in [0.1, 0.15) is 16.1 Å². The van der Waals surface area contributed by atoms with Crippen LogP contribution in [0.15, 0.2) is 16.7 Å². The molecule has 5 heteroatoms. The molecule has 0 aliphatic carbocycles. The molecule has 0 saturated heterocycles. The van der Waals surface area contributed by atoms with Gasteiger partial charge in [-0.25, -0.2) is 9.97 Å². The molecule has 0 bridgehead atoms. The van der Waals surface area contributed by atoms with Crippen molar-refractivity contribution < 1.29 is 0 Å². The Balaban J connectivity index is 3.02. The second-order valence-corrected chi connectivity index (χ2v) is 4.35. The zero-order valence-electron chi connectivity index (χ0n) is 7.78. The molecule has 0 amide bonds. The largest absolute Gasteiger partial charge is 0.317 e. The smallest absolute Gasteiger partial charge is 0.144 e. The number of aryl methyl sites for hydroxylation is 2. The van der Waals surface area contributed by atoms with Gasteiger partial charge in [-0.3, -0.25) is 0 Å². The lowest BCUT2D eigenvalue weighted by Crippen LogP contribution is -2.03. The first-order valence-corrected chi connectivity index (χ1v) is 5.28. The molecule has 3 nitrogen and oxygen atoms in total. The number of halogens is 1. The summed E-state index contributed by atoms with van der Waals surface area (Å²) < 4.78 is 3.45. The molecule has 14 heavy (non-hydrogen) atoms. The van der Waals surface area contributed by atoms with Gasteiger partial charge < -0.3 is 4.57 Å². The van der Waals surface area contributed by atoms with E-state index in [1.54, 1.807) is 6.20 Å². The zero-order valence-corrected chi connectivity index (χ0v) is 10.2. The molecule has 0 spiro atoms. The Labute approximate surface area is 94.9 Å². The van der Waals surface area contributed by atoms with Crippen molar-refractivity contribution in [1.29, 1.82) is 0 Å². The van der Waals surface area contributed by atoms with Gasteiger partial charge in [-0.15, -0.1) is 0 Å². The summed E-state index contributed by atoms with van der Waals surface area (Å²) in [4.78, 5) is 8.57. The van der Waals surface area contributed by atoms with Crippen LogP contribution in [0.25, 0.3) is 11.0 Å². The fraction of sp³-hybridized carbons (Fsp3) is 0.222. The highest BCUT2D eigenvalue weighted by atomic mass is 79.9. The fourth-order valence-electron chi connectivity index (χ4n) is 1.29. The highest BCUT2D eigenvalue weighted by molar-refractivity contribution is 9.10. The minimum absolute atomic E-state index is 0.601. The minimum Gasteiger partial charge on any atom is -0.317 e. The van der Waals surface area contributed by atoms with E-state index in [-0.39, 0.29) is 0 Å². The quantitative estimate of drug-likeness (QED) is 0.690. The molecule has 0 radical (unpaired) electrons. The van der Waals surface area contributed by atoms with E-state index < -0.39 is 0 Å². The maximum absolute atomic E-state index is 5.18. The number of rotatable bonds is 0. The molecule has 0 atom stereocenters. The number of hydrogen-bond acceptors (Lipinski definition) is 3. The number of aromatic nitrogens is 3. The van der Waals surface area contributed by atoms with E-state index in [9.17, 15) is 0 Å². The number of hydrogen-bond donors (Lipinski definition) is 0. The number of fused-ring (bicyclic) bond motifs is 1. The number of pyridine rings is 1. The summed E-state index contributed by atoms with van der Waals surface area (Å²) in [6, 6.07) is 1.94. The topological polar surface area (TPSA) is 30.7 Å². The lowest BCUT2D eigenvalue weighted by atomic mass is 10.3. The summed E-state index contributed by atoms with van der Waals surface area (Å²) in [6.07, 6.45) is 1.76. The lowest BCUT2D eigenvalue weighted by Gasteiger charge is -2.07. The average Bonchev–Trinajstić information content (AvgIpc) is 2.14. The van der Waals surface area contributed by atoms with Crippen LogP contribution in [-0.4, -0.2) is 14.5 Å². The molecule has 0 unspecified atom stereocenters. The van der Waals surface area contributed by atoms with Crippen LogP contribution in [-0.2, 0) is 7.05 Å². The normalized spacial score (nSPS) is 10.8. The van der Waals surface area contributed by atoms with Crippen LogP contribution in [0.2, 0.25) is 0 Å². The Morgan fingerprint density at radius 3 is 2.93 bits per heavy atom. The zero-order chi connectivity index (χ0) is 10.3. The van der Waals surface area contributed by atoms with Crippen molar-refractivity contribution in [3.05, 3.63) is 27.2 Å². The van der Waals surface area contributed by atoms with Crippen molar-refractivity contribution >= 4 is 39.2 Å². The van der Waals surface area contributed by atoms with Gasteiger partial charge in [-0.05, 0) is 28.9 Å². The van der Waals surface area contributed by atoms with Crippen molar-refractivity contribution in [3.8, 4) is 0 Å². The Bertz CT molecular complexity index is 562. The second kappa shape index (κ2) is 3.40. The Kier molecular flexibility index (Phi) is 2.36. The first-order valence-electron chi connectivity index (χ1n) is 4.08. The maximum atomic E-state index is 5.18. The van der Waals surface area contributed by atoms with E-state index >= 15 is 0 Å². The van der Waals surface area contributed by atoms with E-state index in [1.807, 2.05) is 24.6 Å². The summed E-state index contributed by atoms with van der Waals surface area (Å²) in [5.74, 6) is 0.873. The summed E-state index contributed by atoms with van der Waals surface area (Å²) in [6.45, 7) is 1.92. The highest BCUT2D eigenvalue weighted by Crippen LogP contribution is 2.17. The summed E-state index contributed by atoms with van der Waals surface area (Å²) >= 11 is 8.54. The molecule has 0 aliphatic rings. The van der Waals surface area contributed by atoms with Gasteiger partial charge in [0, 0.05) is 17.7 Å². The molecular formula is C9H8BrN3S.